The molecular formula is C19H22FN5O. The fraction of sp³-hybridized carbons (Fsp3) is 0.421. The van der Waals surface area contributed by atoms with Crippen LogP contribution in [0.3, 0.4) is 0 Å². The van der Waals surface area contributed by atoms with Gasteiger partial charge in [0.15, 0.2) is 0 Å². The molecule has 2 atom stereocenters. The summed E-state index contributed by atoms with van der Waals surface area (Å²) in [6.07, 6.45) is 8.53. The first-order valence-electron chi connectivity index (χ1n) is 8.96. The molecule has 1 aromatic rings. The fourth-order valence-electron chi connectivity index (χ4n) is 3.77. The predicted octanol–water partition coefficient (Wildman–Crippen LogP) is 2.34. The number of carbonyl (C=O) groups excluding carboxylic acids is 1. The first-order chi connectivity index (χ1) is 12.6. The molecule has 1 N–H and O–H groups in total. The van der Waals surface area contributed by atoms with Gasteiger partial charge in [-0.1, -0.05) is 0 Å². The summed E-state index contributed by atoms with van der Waals surface area (Å²) in [6, 6.07) is 3.39. The summed E-state index contributed by atoms with van der Waals surface area (Å²) >= 11 is 0. The van der Waals surface area contributed by atoms with Crippen molar-refractivity contribution in [3.63, 3.8) is 0 Å². The zero-order valence-electron chi connectivity index (χ0n) is 14.7. The molecule has 1 unspecified atom stereocenters. The first kappa shape index (κ1) is 16.9. The maximum atomic E-state index is 13.7. The van der Waals surface area contributed by atoms with Gasteiger partial charge in [0, 0.05) is 18.3 Å². The molecule has 0 spiro atoms. The van der Waals surface area contributed by atoms with Crippen LogP contribution in [0.1, 0.15) is 19.3 Å². The summed E-state index contributed by atoms with van der Waals surface area (Å²) < 4.78 is 13.7. The number of hydrogen-bond acceptors (Lipinski definition) is 5. The molecule has 1 amide bonds. The third kappa shape index (κ3) is 3.26. The van der Waals surface area contributed by atoms with E-state index in [2.05, 4.69) is 22.2 Å². The number of nitrogens with one attached hydrogen (secondary N) is 1. The van der Waals surface area contributed by atoms with Gasteiger partial charge in [0.25, 0.3) is 5.91 Å². The summed E-state index contributed by atoms with van der Waals surface area (Å²) in [5.41, 5.74) is 1.22. The van der Waals surface area contributed by atoms with Crippen molar-refractivity contribution in [3.8, 4) is 0 Å². The van der Waals surface area contributed by atoms with Gasteiger partial charge in [0.05, 0.1) is 24.0 Å². The normalized spacial score (nSPS) is 26.6. The van der Waals surface area contributed by atoms with Crippen LogP contribution in [-0.4, -0.2) is 58.9 Å². The molecule has 1 aromatic heterocycles. The Balaban J connectivity index is 1.70. The van der Waals surface area contributed by atoms with Crippen LogP contribution in [0.5, 0.6) is 0 Å². The van der Waals surface area contributed by atoms with E-state index in [1.807, 2.05) is 12.1 Å². The second-order valence-electron chi connectivity index (χ2n) is 6.99. The molecule has 3 aliphatic rings. The third-order valence-corrected chi connectivity index (χ3v) is 5.04. The number of allylic oxidation sites excluding steroid dienone is 2. The molecule has 0 aromatic carbocycles. The highest BCUT2D eigenvalue weighted by molar-refractivity contribution is 6.13. The number of guanidine groups is 1. The molecule has 1 fully saturated rings. The van der Waals surface area contributed by atoms with Gasteiger partial charge in [-0.2, -0.15) is 0 Å². The van der Waals surface area contributed by atoms with Crippen LogP contribution in [0.4, 0.5) is 10.1 Å². The summed E-state index contributed by atoms with van der Waals surface area (Å²) in [4.78, 5) is 26.0. The van der Waals surface area contributed by atoms with Gasteiger partial charge in [-0.25, -0.2) is 9.38 Å². The lowest BCUT2D eigenvalue weighted by atomic mass is 9.94. The maximum absolute atomic E-state index is 13.7. The Bertz CT molecular complexity index is 788. The number of carbonyl (C=O) groups is 1. The Kier molecular flexibility index (Phi) is 4.55. The number of anilines is 1. The lowest BCUT2D eigenvalue weighted by molar-refractivity contribution is -0.126. The first-order valence-corrected chi connectivity index (χ1v) is 8.96. The molecule has 2 aliphatic heterocycles. The van der Waals surface area contributed by atoms with Gasteiger partial charge in [-0.15, -0.1) is 0 Å². The van der Waals surface area contributed by atoms with Gasteiger partial charge in [0.1, 0.15) is 5.83 Å². The molecule has 0 bridgehead atoms. The van der Waals surface area contributed by atoms with E-state index < -0.39 is 0 Å². The second kappa shape index (κ2) is 6.99. The number of hydrogen-bond donors (Lipinski definition) is 1. The van der Waals surface area contributed by atoms with Gasteiger partial charge >= 0.3 is 0 Å². The van der Waals surface area contributed by atoms with Gasteiger partial charge in [-0.05, 0) is 57.1 Å². The third-order valence-electron chi connectivity index (χ3n) is 5.04. The highest BCUT2D eigenvalue weighted by atomic mass is 19.1. The topological polar surface area (TPSA) is 60.8 Å². The standard InChI is InChI=1S/C19H22FN5O/c1-24-9-3-5-15(12-24)25-18(26)16-10-13(20)6-7-17(16)23-19(25)22-14-4-2-8-21-11-14/h2,4,6,8,10-11,15,17H,3,5,7,9,12H2,1H3,(H,22,23)/t15-,17?/m1/s1. The molecule has 3 heterocycles. The minimum absolute atomic E-state index is 0.0139. The van der Waals surface area contributed by atoms with E-state index in [9.17, 15) is 9.18 Å². The van der Waals surface area contributed by atoms with Crippen LogP contribution in [0, 0.1) is 0 Å². The van der Waals surface area contributed by atoms with E-state index in [1.165, 1.54) is 12.2 Å². The van der Waals surface area contributed by atoms with E-state index in [4.69, 9.17) is 4.99 Å². The molecule has 1 aliphatic carbocycles. The highest BCUT2D eigenvalue weighted by Gasteiger charge is 2.39. The zero-order valence-corrected chi connectivity index (χ0v) is 14.7. The summed E-state index contributed by atoms with van der Waals surface area (Å²) in [7, 11) is 2.05. The maximum Gasteiger partial charge on any atom is 0.259 e. The van der Waals surface area contributed by atoms with E-state index >= 15 is 0 Å². The molecule has 26 heavy (non-hydrogen) atoms. The van der Waals surface area contributed by atoms with E-state index in [-0.39, 0.29) is 23.8 Å². The van der Waals surface area contributed by atoms with Crippen LogP contribution < -0.4 is 5.32 Å². The van der Waals surface area contributed by atoms with Crippen molar-refractivity contribution in [1.29, 1.82) is 0 Å². The molecule has 136 valence electrons. The van der Waals surface area contributed by atoms with Crippen molar-refractivity contribution in [3.05, 3.63) is 48.1 Å². The Morgan fingerprint density at radius 3 is 3.04 bits per heavy atom. The number of likely N-dealkylation sites (tertiary alicyclic amines) is 1. The minimum Gasteiger partial charge on any atom is -0.324 e. The van der Waals surface area contributed by atoms with Crippen LogP contribution >= 0.6 is 0 Å². The van der Waals surface area contributed by atoms with E-state index in [0.29, 0.717) is 18.0 Å². The van der Waals surface area contributed by atoms with Gasteiger partial charge in [-0.3, -0.25) is 14.7 Å². The molecule has 7 heteroatoms. The van der Waals surface area contributed by atoms with Crippen LogP contribution in [0.2, 0.25) is 0 Å². The number of piperidine rings is 1. The van der Waals surface area contributed by atoms with Crippen LogP contribution in [0.25, 0.3) is 0 Å². The summed E-state index contributed by atoms with van der Waals surface area (Å²) in [5, 5.41) is 3.25. The Morgan fingerprint density at radius 2 is 2.27 bits per heavy atom. The molecule has 1 saturated heterocycles. The fourth-order valence-corrected chi connectivity index (χ4v) is 3.77. The Morgan fingerprint density at radius 1 is 1.38 bits per heavy atom. The molecule has 0 radical (unpaired) electrons. The monoisotopic (exact) mass is 355 g/mol. The van der Waals surface area contributed by atoms with E-state index in [1.54, 1.807) is 17.3 Å². The smallest absolute Gasteiger partial charge is 0.259 e. The lowest BCUT2D eigenvalue weighted by Gasteiger charge is -2.41. The number of aliphatic imine (C=N–C) groups is 1. The van der Waals surface area contributed by atoms with Crippen LogP contribution in [0.15, 0.2) is 53.1 Å². The quantitative estimate of drug-likeness (QED) is 0.885. The van der Waals surface area contributed by atoms with Crippen molar-refractivity contribution in [2.24, 2.45) is 4.99 Å². The molecule has 0 saturated carbocycles. The minimum atomic E-state index is -0.357. The van der Waals surface area contributed by atoms with Crippen molar-refractivity contribution >= 4 is 17.6 Å². The highest BCUT2D eigenvalue weighted by Crippen LogP contribution is 2.30. The predicted molar refractivity (Wildman–Crippen MR) is 98.3 cm³/mol. The van der Waals surface area contributed by atoms with Crippen molar-refractivity contribution in [1.82, 2.24) is 14.8 Å². The number of nitrogens with zero attached hydrogens (tertiary/aromatic N) is 4. The molecule has 4 rings (SSSR count). The average molecular weight is 355 g/mol. The lowest BCUT2D eigenvalue weighted by Crippen LogP contribution is -2.57. The number of rotatable bonds is 2. The number of amides is 1. The van der Waals surface area contributed by atoms with Crippen LogP contribution in [-0.2, 0) is 4.79 Å². The second-order valence-corrected chi connectivity index (χ2v) is 6.99. The number of pyridine rings is 1. The van der Waals surface area contributed by atoms with Crippen molar-refractivity contribution < 1.29 is 9.18 Å². The average Bonchev–Trinajstić information content (AvgIpc) is 2.63. The number of likely N-dealkylation sites (N-methyl/N-ethyl adjacent to an activating group) is 1. The van der Waals surface area contributed by atoms with Crippen molar-refractivity contribution in [2.75, 3.05) is 25.5 Å². The van der Waals surface area contributed by atoms with E-state index in [0.717, 1.165) is 31.6 Å². The van der Waals surface area contributed by atoms with Gasteiger partial charge < -0.3 is 10.2 Å². The number of aromatic nitrogens is 1. The number of halogens is 1. The summed E-state index contributed by atoms with van der Waals surface area (Å²) in [6.45, 7) is 1.79. The zero-order chi connectivity index (χ0) is 18.1. The molecule has 6 nitrogen and oxygen atoms in total. The number of fused-ring (bicyclic) bond motifs is 1. The van der Waals surface area contributed by atoms with Crippen molar-refractivity contribution in [2.45, 2.75) is 31.3 Å². The largest absolute Gasteiger partial charge is 0.324 e. The SMILES string of the molecule is CN1CCC[C@@H](N2C(=O)C3=CC(F)=CCC3N=C2Nc2cccnc2)C1. The molecular weight excluding hydrogens is 333 g/mol. The Labute approximate surface area is 152 Å². The Hall–Kier alpha value is -2.54. The van der Waals surface area contributed by atoms with Gasteiger partial charge in [0.2, 0.25) is 5.96 Å². The summed E-state index contributed by atoms with van der Waals surface area (Å²) in [5.74, 6) is 0.0188.